The van der Waals surface area contributed by atoms with Crippen LogP contribution in [0.1, 0.15) is 58.8 Å². The molecule has 1 unspecified atom stereocenters. The average molecular weight is 264 g/mol. The fraction of sp³-hybridized carbons (Fsp3) is 0.867. The number of amides is 1. The van der Waals surface area contributed by atoms with E-state index in [4.69, 9.17) is 4.74 Å². The molecule has 0 aromatic carbocycles. The van der Waals surface area contributed by atoms with Crippen LogP contribution in [0.5, 0.6) is 0 Å². The van der Waals surface area contributed by atoms with E-state index >= 15 is 0 Å². The van der Waals surface area contributed by atoms with Crippen molar-refractivity contribution in [2.45, 2.75) is 69.9 Å². The van der Waals surface area contributed by atoms with Gasteiger partial charge >= 0.3 is 0 Å². The van der Waals surface area contributed by atoms with E-state index in [0.717, 1.165) is 44.9 Å². The summed E-state index contributed by atoms with van der Waals surface area (Å²) in [6, 6.07) is 2.35. The number of ether oxygens (including phenoxy) is 1. The van der Waals surface area contributed by atoms with Gasteiger partial charge in [-0.2, -0.15) is 5.26 Å². The molecule has 4 heteroatoms. The lowest BCUT2D eigenvalue weighted by Crippen LogP contribution is -2.56. The molecule has 0 aromatic rings. The Labute approximate surface area is 115 Å². The minimum atomic E-state index is -0.731. The van der Waals surface area contributed by atoms with Gasteiger partial charge in [-0.3, -0.25) is 4.79 Å². The average Bonchev–Trinajstić information content (AvgIpc) is 2.88. The van der Waals surface area contributed by atoms with E-state index in [2.05, 4.69) is 18.3 Å². The van der Waals surface area contributed by atoms with Gasteiger partial charge in [-0.25, -0.2) is 0 Å². The third-order valence-corrected chi connectivity index (χ3v) is 4.80. The standard InChI is InChI=1S/C15H24N2O2/c1-3-12-5-8-15(11-16,9-6-12)17-13(18)14(2)7-4-10-19-14/h12H,3-10H2,1-2H3,(H,17,18). The Hall–Kier alpha value is -1.08. The Kier molecular flexibility index (Phi) is 4.15. The highest BCUT2D eigenvalue weighted by molar-refractivity contribution is 5.86. The van der Waals surface area contributed by atoms with E-state index in [0.29, 0.717) is 12.5 Å². The molecule has 1 aliphatic carbocycles. The molecule has 2 rings (SSSR count). The molecule has 106 valence electrons. The van der Waals surface area contributed by atoms with Crippen molar-refractivity contribution in [1.82, 2.24) is 5.32 Å². The highest BCUT2D eigenvalue weighted by Gasteiger charge is 2.43. The van der Waals surface area contributed by atoms with Gasteiger partial charge in [-0.1, -0.05) is 13.3 Å². The van der Waals surface area contributed by atoms with E-state index in [-0.39, 0.29) is 5.91 Å². The van der Waals surface area contributed by atoms with Gasteiger partial charge in [0.05, 0.1) is 6.07 Å². The Morgan fingerprint density at radius 1 is 1.42 bits per heavy atom. The molecule has 1 heterocycles. The molecule has 1 atom stereocenters. The number of carbonyl (C=O) groups is 1. The van der Waals surface area contributed by atoms with Crippen LogP contribution in [0.15, 0.2) is 0 Å². The smallest absolute Gasteiger partial charge is 0.253 e. The van der Waals surface area contributed by atoms with Crippen molar-refractivity contribution in [1.29, 1.82) is 5.26 Å². The fourth-order valence-electron chi connectivity index (χ4n) is 3.15. The van der Waals surface area contributed by atoms with Crippen LogP contribution in [-0.4, -0.2) is 23.7 Å². The number of nitrogens with zero attached hydrogens (tertiary/aromatic N) is 1. The van der Waals surface area contributed by atoms with Gasteiger partial charge in [0, 0.05) is 6.61 Å². The van der Waals surface area contributed by atoms with Crippen LogP contribution in [0.3, 0.4) is 0 Å². The molecule has 0 aromatic heterocycles. The first kappa shape index (κ1) is 14.3. The molecule has 1 amide bonds. The maximum absolute atomic E-state index is 12.4. The molecule has 1 saturated heterocycles. The van der Waals surface area contributed by atoms with Crippen LogP contribution < -0.4 is 5.32 Å². The first-order valence-corrected chi connectivity index (χ1v) is 7.41. The van der Waals surface area contributed by atoms with Crippen molar-refractivity contribution in [2.75, 3.05) is 6.61 Å². The Morgan fingerprint density at radius 3 is 2.58 bits per heavy atom. The second-order valence-electron chi connectivity index (χ2n) is 6.18. The van der Waals surface area contributed by atoms with Crippen molar-refractivity contribution < 1.29 is 9.53 Å². The summed E-state index contributed by atoms with van der Waals surface area (Å²) in [5.74, 6) is 0.596. The van der Waals surface area contributed by atoms with Gasteiger partial charge in [0.1, 0.15) is 11.1 Å². The van der Waals surface area contributed by atoms with E-state index in [1.165, 1.54) is 0 Å². The quantitative estimate of drug-likeness (QED) is 0.852. The Balaban J connectivity index is 2.00. The largest absolute Gasteiger partial charge is 0.365 e. The third kappa shape index (κ3) is 2.92. The van der Waals surface area contributed by atoms with Crippen LogP contribution in [0.2, 0.25) is 0 Å². The molecule has 0 bridgehead atoms. The van der Waals surface area contributed by atoms with E-state index in [9.17, 15) is 10.1 Å². The molecule has 0 radical (unpaired) electrons. The van der Waals surface area contributed by atoms with Crippen molar-refractivity contribution in [3.05, 3.63) is 0 Å². The SMILES string of the molecule is CCC1CCC(C#N)(NC(=O)C2(C)CCCO2)CC1. The first-order valence-electron chi connectivity index (χ1n) is 7.41. The summed E-state index contributed by atoms with van der Waals surface area (Å²) >= 11 is 0. The molecule has 19 heavy (non-hydrogen) atoms. The van der Waals surface area contributed by atoms with Gasteiger partial charge in [0.2, 0.25) is 0 Å². The highest BCUT2D eigenvalue weighted by Crippen LogP contribution is 2.34. The molecule has 4 nitrogen and oxygen atoms in total. The zero-order chi connectivity index (χ0) is 13.9. The molecular formula is C15H24N2O2. The minimum absolute atomic E-state index is 0.110. The lowest BCUT2D eigenvalue weighted by atomic mass is 9.76. The number of nitrogens with one attached hydrogen (secondary N) is 1. The summed E-state index contributed by atoms with van der Waals surface area (Å²) in [6.07, 6.45) is 6.42. The van der Waals surface area contributed by atoms with Crippen molar-refractivity contribution in [3.8, 4) is 6.07 Å². The Bertz CT molecular complexity index is 372. The number of hydrogen-bond donors (Lipinski definition) is 1. The van der Waals surface area contributed by atoms with Crippen LogP contribution in [0.4, 0.5) is 0 Å². The molecular weight excluding hydrogens is 240 g/mol. The maximum Gasteiger partial charge on any atom is 0.253 e. The minimum Gasteiger partial charge on any atom is -0.365 e. The topological polar surface area (TPSA) is 62.1 Å². The lowest BCUT2D eigenvalue weighted by molar-refractivity contribution is -0.141. The Morgan fingerprint density at radius 2 is 2.11 bits per heavy atom. The summed E-state index contributed by atoms with van der Waals surface area (Å²) in [4.78, 5) is 12.4. The van der Waals surface area contributed by atoms with Crippen LogP contribution in [0.25, 0.3) is 0 Å². The molecule has 1 N–H and O–H groups in total. The van der Waals surface area contributed by atoms with Crippen molar-refractivity contribution in [2.24, 2.45) is 5.92 Å². The van der Waals surface area contributed by atoms with Crippen molar-refractivity contribution >= 4 is 5.91 Å². The van der Waals surface area contributed by atoms with Crippen LogP contribution in [-0.2, 0) is 9.53 Å². The summed E-state index contributed by atoms with van der Waals surface area (Å²) in [7, 11) is 0. The zero-order valence-electron chi connectivity index (χ0n) is 12.0. The normalized spacial score (nSPS) is 38.7. The third-order valence-electron chi connectivity index (χ3n) is 4.80. The zero-order valence-corrected chi connectivity index (χ0v) is 12.0. The van der Waals surface area contributed by atoms with E-state index < -0.39 is 11.1 Å². The molecule has 1 aliphatic heterocycles. The maximum atomic E-state index is 12.4. The van der Waals surface area contributed by atoms with Gasteiger partial charge in [0.15, 0.2) is 0 Å². The predicted octanol–water partition coefficient (Wildman–Crippen LogP) is 2.53. The first-order chi connectivity index (χ1) is 9.03. The van der Waals surface area contributed by atoms with Crippen LogP contribution >= 0.6 is 0 Å². The fourth-order valence-corrected chi connectivity index (χ4v) is 3.15. The van der Waals surface area contributed by atoms with Gasteiger partial charge in [0.25, 0.3) is 5.91 Å². The van der Waals surface area contributed by atoms with Gasteiger partial charge in [-0.15, -0.1) is 0 Å². The number of hydrogen-bond acceptors (Lipinski definition) is 3. The second kappa shape index (κ2) is 5.50. The van der Waals surface area contributed by atoms with Gasteiger partial charge in [-0.05, 0) is 51.4 Å². The highest BCUT2D eigenvalue weighted by atomic mass is 16.5. The monoisotopic (exact) mass is 264 g/mol. The molecule has 2 aliphatic rings. The van der Waals surface area contributed by atoms with E-state index in [1.54, 1.807) is 0 Å². The summed E-state index contributed by atoms with van der Waals surface area (Å²) in [6.45, 7) is 4.66. The van der Waals surface area contributed by atoms with E-state index in [1.807, 2.05) is 6.92 Å². The number of nitriles is 1. The van der Waals surface area contributed by atoms with Crippen LogP contribution in [0, 0.1) is 17.2 Å². The molecule has 2 fully saturated rings. The molecule has 0 spiro atoms. The summed E-state index contributed by atoms with van der Waals surface area (Å²) in [5.41, 5.74) is -1.40. The summed E-state index contributed by atoms with van der Waals surface area (Å²) in [5, 5.41) is 12.5. The number of rotatable bonds is 3. The number of carbonyl (C=O) groups excluding carboxylic acids is 1. The van der Waals surface area contributed by atoms with Gasteiger partial charge < -0.3 is 10.1 Å². The van der Waals surface area contributed by atoms with Crippen molar-refractivity contribution in [3.63, 3.8) is 0 Å². The lowest BCUT2D eigenvalue weighted by Gasteiger charge is -2.37. The second-order valence-corrected chi connectivity index (χ2v) is 6.18. The molecule has 1 saturated carbocycles. The summed E-state index contributed by atoms with van der Waals surface area (Å²) < 4.78 is 5.55. The predicted molar refractivity (Wildman–Crippen MR) is 72.3 cm³/mol.